The van der Waals surface area contributed by atoms with Crippen LogP contribution in [-0.4, -0.2) is 43.4 Å². The van der Waals surface area contributed by atoms with E-state index in [4.69, 9.17) is 4.74 Å². The van der Waals surface area contributed by atoms with E-state index in [1.165, 1.54) is 0 Å². The third-order valence-electron chi connectivity index (χ3n) is 2.09. The van der Waals surface area contributed by atoms with Crippen molar-refractivity contribution >= 4 is 11.7 Å². The van der Waals surface area contributed by atoms with Crippen molar-refractivity contribution in [3.05, 3.63) is 0 Å². The van der Waals surface area contributed by atoms with Crippen LogP contribution in [0.4, 0.5) is 0 Å². The second-order valence-corrected chi connectivity index (χ2v) is 3.23. The Morgan fingerprint density at radius 2 is 2.15 bits per heavy atom. The van der Waals surface area contributed by atoms with Crippen molar-refractivity contribution in [1.29, 1.82) is 0 Å². The van der Waals surface area contributed by atoms with Crippen LogP contribution in [0.25, 0.3) is 0 Å². The molecule has 4 heteroatoms. The predicted molar refractivity (Wildman–Crippen MR) is 47.3 cm³/mol. The number of methoxy groups -OCH3 is 1. The van der Waals surface area contributed by atoms with Gasteiger partial charge in [0.05, 0.1) is 13.0 Å². The molecule has 1 fully saturated rings. The van der Waals surface area contributed by atoms with Gasteiger partial charge >= 0.3 is 0 Å². The fourth-order valence-electron chi connectivity index (χ4n) is 1.39. The zero-order valence-corrected chi connectivity index (χ0v) is 7.91. The van der Waals surface area contributed by atoms with Crippen LogP contribution in [0.1, 0.15) is 19.3 Å². The monoisotopic (exact) mass is 185 g/mol. The first-order valence-electron chi connectivity index (χ1n) is 4.52. The normalized spacial score (nSPS) is 17.2. The molecule has 4 nitrogen and oxygen atoms in total. The molecule has 1 saturated heterocycles. The van der Waals surface area contributed by atoms with Crippen molar-refractivity contribution in [2.45, 2.75) is 19.3 Å². The summed E-state index contributed by atoms with van der Waals surface area (Å²) in [5, 5.41) is 0. The van der Waals surface area contributed by atoms with E-state index in [2.05, 4.69) is 0 Å². The number of Topliss-reactive ketones (excluding diaryl/α,β-unsaturated/α-hetero) is 1. The lowest BCUT2D eigenvalue weighted by molar-refractivity contribution is -0.127. The molecule has 0 unspecified atom stereocenters. The van der Waals surface area contributed by atoms with E-state index in [9.17, 15) is 9.59 Å². The van der Waals surface area contributed by atoms with Crippen LogP contribution >= 0.6 is 0 Å². The number of nitrogens with zero attached hydrogens (tertiary/aromatic N) is 1. The topological polar surface area (TPSA) is 46.6 Å². The van der Waals surface area contributed by atoms with Crippen LogP contribution in [0.3, 0.4) is 0 Å². The largest absolute Gasteiger partial charge is 0.385 e. The molecule has 0 atom stereocenters. The average molecular weight is 185 g/mol. The molecule has 1 heterocycles. The molecule has 0 aromatic heterocycles. The van der Waals surface area contributed by atoms with E-state index in [1.807, 2.05) is 0 Å². The molecule has 0 saturated carbocycles. The second kappa shape index (κ2) is 4.97. The van der Waals surface area contributed by atoms with E-state index in [-0.39, 0.29) is 18.1 Å². The molecule has 1 rings (SSSR count). The summed E-state index contributed by atoms with van der Waals surface area (Å²) in [5.74, 6) is 0.0131. The summed E-state index contributed by atoms with van der Waals surface area (Å²) in [4.78, 5) is 23.6. The fourth-order valence-corrected chi connectivity index (χ4v) is 1.39. The first kappa shape index (κ1) is 10.2. The maximum atomic E-state index is 11.1. The Balaban J connectivity index is 2.14. The molecule has 1 aliphatic heterocycles. The zero-order valence-electron chi connectivity index (χ0n) is 7.91. The molecule has 0 spiro atoms. The number of ketones is 1. The van der Waals surface area contributed by atoms with Crippen LogP contribution in [-0.2, 0) is 14.3 Å². The first-order valence-corrected chi connectivity index (χ1v) is 4.52. The van der Waals surface area contributed by atoms with Crippen LogP contribution in [0.2, 0.25) is 0 Å². The molecule has 1 aliphatic rings. The third kappa shape index (κ3) is 3.14. The number of ether oxygens (including phenoxy) is 1. The van der Waals surface area contributed by atoms with Crippen molar-refractivity contribution in [1.82, 2.24) is 4.90 Å². The first-order chi connectivity index (χ1) is 6.24. The van der Waals surface area contributed by atoms with Gasteiger partial charge in [-0.2, -0.15) is 0 Å². The average Bonchev–Trinajstić information content (AvgIpc) is 2.39. The summed E-state index contributed by atoms with van der Waals surface area (Å²) < 4.78 is 4.88. The Morgan fingerprint density at radius 3 is 2.69 bits per heavy atom. The van der Waals surface area contributed by atoms with Crippen LogP contribution in [0.15, 0.2) is 0 Å². The summed E-state index contributed by atoms with van der Waals surface area (Å²) >= 11 is 0. The van der Waals surface area contributed by atoms with Crippen LogP contribution < -0.4 is 0 Å². The Morgan fingerprint density at radius 1 is 1.38 bits per heavy atom. The summed E-state index contributed by atoms with van der Waals surface area (Å²) in [6, 6.07) is 0. The molecule has 0 aromatic rings. The minimum absolute atomic E-state index is 0.0255. The van der Waals surface area contributed by atoms with Gasteiger partial charge in [-0.15, -0.1) is 0 Å². The number of amides is 1. The Kier molecular flexibility index (Phi) is 3.89. The van der Waals surface area contributed by atoms with Gasteiger partial charge in [0.2, 0.25) is 5.91 Å². The zero-order chi connectivity index (χ0) is 9.68. The molecule has 74 valence electrons. The highest BCUT2D eigenvalue weighted by Gasteiger charge is 2.26. The summed E-state index contributed by atoms with van der Waals surface area (Å²) in [5.41, 5.74) is 0. The number of carbonyl (C=O) groups excluding carboxylic acids is 2. The lowest BCUT2D eigenvalue weighted by atomic mass is 10.3. The number of hydrogen-bond acceptors (Lipinski definition) is 3. The standard InChI is InChI=1S/C9H15NO3/c1-13-5-3-2-4-10-7-8(11)6-9(10)12/h2-7H2,1H3. The Labute approximate surface area is 77.8 Å². The summed E-state index contributed by atoms with van der Waals surface area (Å²) in [7, 11) is 1.66. The minimum atomic E-state index is -0.0255. The van der Waals surface area contributed by atoms with Gasteiger partial charge in [-0.05, 0) is 12.8 Å². The number of carbonyl (C=O) groups is 2. The highest BCUT2D eigenvalue weighted by Crippen LogP contribution is 2.07. The lowest BCUT2D eigenvalue weighted by Crippen LogP contribution is -2.26. The van der Waals surface area contributed by atoms with E-state index in [0.717, 1.165) is 19.4 Å². The molecular weight excluding hydrogens is 170 g/mol. The van der Waals surface area contributed by atoms with Crippen LogP contribution in [0, 0.1) is 0 Å². The quantitative estimate of drug-likeness (QED) is 0.454. The highest BCUT2D eigenvalue weighted by atomic mass is 16.5. The predicted octanol–water partition coefficient (Wildman–Crippen LogP) is 0.214. The maximum Gasteiger partial charge on any atom is 0.230 e. The maximum absolute atomic E-state index is 11.1. The summed E-state index contributed by atoms with van der Waals surface area (Å²) in [6.07, 6.45) is 1.95. The number of rotatable bonds is 5. The van der Waals surface area contributed by atoms with E-state index < -0.39 is 0 Å². The molecule has 1 amide bonds. The molecular formula is C9H15NO3. The van der Waals surface area contributed by atoms with Gasteiger partial charge in [0.1, 0.15) is 0 Å². The van der Waals surface area contributed by atoms with Crippen molar-refractivity contribution in [3.63, 3.8) is 0 Å². The third-order valence-corrected chi connectivity index (χ3v) is 2.09. The molecule has 0 N–H and O–H groups in total. The van der Waals surface area contributed by atoms with Gasteiger partial charge in [0.25, 0.3) is 0 Å². The number of unbranched alkanes of at least 4 members (excludes halogenated alkanes) is 1. The molecule has 13 heavy (non-hydrogen) atoms. The number of likely N-dealkylation sites (tertiary alicyclic amines) is 1. The van der Waals surface area contributed by atoms with Gasteiger partial charge in [0, 0.05) is 20.3 Å². The Bertz CT molecular complexity index is 203. The lowest BCUT2D eigenvalue weighted by Gasteiger charge is -2.13. The van der Waals surface area contributed by atoms with Crippen LogP contribution in [0.5, 0.6) is 0 Å². The van der Waals surface area contributed by atoms with Gasteiger partial charge in [0.15, 0.2) is 5.78 Å². The van der Waals surface area contributed by atoms with E-state index in [0.29, 0.717) is 13.1 Å². The van der Waals surface area contributed by atoms with Crippen molar-refractivity contribution in [2.24, 2.45) is 0 Å². The van der Waals surface area contributed by atoms with E-state index in [1.54, 1.807) is 12.0 Å². The minimum Gasteiger partial charge on any atom is -0.385 e. The van der Waals surface area contributed by atoms with Crippen molar-refractivity contribution in [3.8, 4) is 0 Å². The van der Waals surface area contributed by atoms with Gasteiger partial charge < -0.3 is 9.64 Å². The van der Waals surface area contributed by atoms with E-state index >= 15 is 0 Å². The smallest absolute Gasteiger partial charge is 0.230 e. The molecule has 0 aliphatic carbocycles. The molecule has 0 bridgehead atoms. The molecule has 0 aromatic carbocycles. The van der Waals surface area contributed by atoms with Gasteiger partial charge in [-0.25, -0.2) is 0 Å². The van der Waals surface area contributed by atoms with Gasteiger partial charge in [-0.1, -0.05) is 0 Å². The van der Waals surface area contributed by atoms with Gasteiger partial charge in [-0.3, -0.25) is 9.59 Å². The molecule has 0 radical (unpaired) electrons. The summed E-state index contributed by atoms with van der Waals surface area (Å²) in [6.45, 7) is 1.72. The second-order valence-electron chi connectivity index (χ2n) is 3.23. The number of hydrogen-bond donors (Lipinski definition) is 0. The fraction of sp³-hybridized carbons (Fsp3) is 0.778. The highest BCUT2D eigenvalue weighted by molar-refractivity contribution is 6.05. The Hall–Kier alpha value is -0.900. The van der Waals surface area contributed by atoms with Crippen molar-refractivity contribution in [2.75, 3.05) is 26.8 Å². The van der Waals surface area contributed by atoms with Crippen molar-refractivity contribution < 1.29 is 14.3 Å². The SMILES string of the molecule is COCCCCN1CC(=O)CC1=O.